The average molecular weight is 222 g/mol. The van der Waals surface area contributed by atoms with Gasteiger partial charge in [-0.1, -0.05) is 12.1 Å². The summed E-state index contributed by atoms with van der Waals surface area (Å²) in [5.41, 5.74) is 4.46. The van der Waals surface area contributed by atoms with Crippen molar-refractivity contribution in [1.82, 2.24) is 4.90 Å². The Bertz CT molecular complexity index is 421. The van der Waals surface area contributed by atoms with Crippen LogP contribution in [0.25, 0.3) is 0 Å². The van der Waals surface area contributed by atoms with Crippen LogP contribution < -0.4 is 10.5 Å². The number of para-hydroxylation sites is 2. The predicted octanol–water partition coefficient (Wildman–Crippen LogP) is 1.27. The van der Waals surface area contributed by atoms with Gasteiger partial charge in [0.05, 0.1) is 0 Å². The van der Waals surface area contributed by atoms with E-state index in [2.05, 4.69) is 0 Å². The lowest BCUT2D eigenvalue weighted by Crippen LogP contribution is -2.65. The molecule has 1 fully saturated rings. The molecule has 1 aliphatic rings. The van der Waals surface area contributed by atoms with Gasteiger partial charge in [-0.15, -0.1) is 0 Å². The van der Waals surface area contributed by atoms with Crippen LogP contribution in [-0.2, 0) is 0 Å². The van der Waals surface area contributed by atoms with Crippen LogP contribution in [0, 0.1) is 0 Å². The van der Waals surface area contributed by atoms with Gasteiger partial charge in [0, 0.05) is 13.0 Å². The fraction of sp³-hybridized carbons (Fsp3) is 0.364. The first-order valence-electron chi connectivity index (χ1n) is 5.07. The number of likely N-dealkylation sites (tertiary alicyclic amines) is 1. The second-order valence-electron chi connectivity index (χ2n) is 3.98. The van der Waals surface area contributed by atoms with E-state index in [0.717, 1.165) is 0 Å². The summed E-state index contributed by atoms with van der Waals surface area (Å²) in [5, 5.41) is 9.56. The molecule has 5 nitrogen and oxygen atoms in total. The maximum Gasteiger partial charge on any atom is 0.317 e. The standard InChI is InChI=1S/C11H14N2O3/c1-11(6-7-13(11)10(12)15)16-9-5-3-2-4-8(9)14/h2-5,14H,6-7H2,1H3,(H2,12,15). The van der Waals surface area contributed by atoms with Gasteiger partial charge >= 0.3 is 6.03 Å². The highest BCUT2D eigenvalue weighted by molar-refractivity contribution is 5.73. The van der Waals surface area contributed by atoms with E-state index in [0.29, 0.717) is 18.7 Å². The summed E-state index contributed by atoms with van der Waals surface area (Å²) in [5.74, 6) is 0.413. The lowest BCUT2D eigenvalue weighted by atomic mass is 10.0. The molecule has 0 aliphatic carbocycles. The molecule has 1 atom stereocenters. The topological polar surface area (TPSA) is 75.8 Å². The minimum atomic E-state index is -0.745. The molecule has 3 N–H and O–H groups in total. The quantitative estimate of drug-likeness (QED) is 0.791. The molecule has 5 heteroatoms. The molecule has 1 unspecified atom stereocenters. The third kappa shape index (κ3) is 1.64. The number of hydrogen-bond donors (Lipinski definition) is 2. The molecule has 1 aromatic carbocycles. The number of nitrogens with zero attached hydrogens (tertiary/aromatic N) is 1. The van der Waals surface area contributed by atoms with Crippen molar-refractivity contribution < 1.29 is 14.6 Å². The normalized spacial score (nSPS) is 23.7. The Balaban J connectivity index is 2.16. The lowest BCUT2D eigenvalue weighted by molar-refractivity contribution is -0.114. The molecule has 0 radical (unpaired) electrons. The van der Waals surface area contributed by atoms with Crippen molar-refractivity contribution in [2.75, 3.05) is 6.54 Å². The minimum Gasteiger partial charge on any atom is -0.504 e. The Morgan fingerprint density at radius 1 is 1.56 bits per heavy atom. The molecule has 86 valence electrons. The molecule has 0 bridgehead atoms. The Kier molecular flexibility index (Phi) is 2.38. The molecule has 0 aromatic heterocycles. The van der Waals surface area contributed by atoms with Crippen molar-refractivity contribution >= 4 is 6.03 Å². The third-order valence-electron chi connectivity index (χ3n) is 2.83. The van der Waals surface area contributed by atoms with Gasteiger partial charge in [0.15, 0.2) is 17.2 Å². The van der Waals surface area contributed by atoms with Crippen LogP contribution in [0.3, 0.4) is 0 Å². The van der Waals surface area contributed by atoms with Gasteiger partial charge in [0.25, 0.3) is 0 Å². The summed E-state index contributed by atoms with van der Waals surface area (Å²) in [6.07, 6.45) is 0.699. The number of nitrogens with two attached hydrogens (primary N) is 1. The van der Waals surface area contributed by atoms with Gasteiger partial charge in [-0.05, 0) is 19.1 Å². The van der Waals surface area contributed by atoms with Crippen molar-refractivity contribution in [2.45, 2.75) is 19.1 Å². The number of benzene rings is 1. The molecule has 1 heterocycles. The van der Waals surface area contributed by atoms with Crippen molar-refractivity contribution in [3.63, 3.8) is 0 Å². The Morgan fingerprint density at radius 2 is 2.25 bits per heavy atom. The lowest BCUT2D eigenvalue weighted by Gasteiger charge is -2.48. The number of primary amides is 1. The van der Waals surface area contributed by atoms with Crippen LogP contribution in [0.4, 0.5) is 4.79 Å². The number of phenols is 1. The minimum absolute atomic E-state index is 0.0556. The summed E-state index contributed by atoms with van der Waals surface area (Å²) in [4.78, 5) is 12.5. The number of amides is 2. The monoisotopic (exact) mass is 222 g/mol. The molecule has 0 saturated carbocycles. The fourth-order valence-corrected chi connectivity index (χ4v) is 1.77. The van der Waals surface area contributed by atoms with Crippen LogP contribution in [0.15, 0.2) is 24.3 Å². The summed E-state index contributed by atoms with van der Waals surface area (Å²) < 4.78 is 5.62. The summed E-state index contributed by atoms with van der Waals surface area (Å²) in [7, 11) is 0. The number of rotatable bonds is 2. The Labute approximate surface area is 93.4 Å². The van der Waals surface area contributed by atoms with Crippen LogP contribution >= 0.6 is 0 Å². The molecule has 2 rings (SSSR count). The van der Waals surface area contributed by atoms with Gasteiger partial charge in [0.1, 0.15) is 0 Å². The van der Waals surface area contributed by atoms with Gasteiger partial charge in [-0.3, -0.25) is 4.90 Å². The maximum atomic E-state index is 11.1. The molecular weight excluding hydrogens is 208 g/mol. The van der Waals surface area contributed by atoms with Crippen LogP contribution in [0.2, 0.25) is 0 Å². The number of urea groups is 1. The maximum absolute atomic E-state index is 11.1. The zero-order valence-electron chi connectivity index (χ0n) is 9.01. The zero-order valence-corrected chi connectivity index (χ0v) is 9.01. The smallest absolute Gasteiger partial charge is 0.317 e. The van der Waals surface area contributed by atoms with E-state index in [-0.39, 0.29) is 5.75 Å². The predicted molar refractivity (Wildman–Crippen MR) is 58.0 cm³/mol. The molecular formula is C11H14N2O3. The third-order valence-corrected chi connectivity index (χ3v) is 2.83. The van der Waals surface area contributed by atoms with E-state index < -0.39 is 11.8 Å². The molecule has 1 aromatic rings. The molecule has 1 aliphatic heterocycles. The van der Waals surface area contributed by atoms with E-state index in [1.807, 2.05) is 0 Å². The Morgan fingerprint density at radius 3 is 2.75 bits per heavy atom. The van der Waals surface area contributed by atoms with Crippen molar-refractivity contribution in [1.29, 1.82) is 0 Å². The van der Waals surface area contributed by atoms with Crippen molar-refractivity contribution in [2.24, 2.45) is 5.73 Å². The first-order valence-corrected chi connectivity index (χ1v) is 5.07. The highest BCUT2D eigenvalue weighted by Crippen LogP contribution is 2.36. The molecule has 2 amide bonds. The number of hydrogen-bond acceptors (Lipinski definition) is 3. The second-order valence-corrected chi connectivity index (χ2v) is 3.98. The number of aromatic hydroxyl groups is 1. The number of carbonyl (C=O) groups excluding carboxylic acids is 1. The SMILES string of the molecule is CC1(Oc2ccccc2O)CCN1C(N)=O. The van der Waals surface area contributed by atoms with Crippen LogP contribution in [0.1, 0.15) is 13.3 Å². The largest absolute Gasteiger partial charge is 0.504 e. The van der Waals surface area contributed by atoms with Gasteiger partial charge in [0.2, 0.25) is 0 Å². The van der Waals surface area contributed by atoms with E-state index in [4.69, 9.17) is 10.5 Å². The Hall–Kier alpha value is -1.91. The van der Waals surface area contributed by atoms with E-state index in [9.17, 15) is 9.90 Å². The average Bonchev–Trinajstić information content (AvgIpc) is 2.19. The highest BCUT2D eigenvalue weighted by Gasteiger charge is 2.45. The first-order chi connectivity index (χ1) is 7.53. The summed E-state index contributed by atoms with van der Waals surface area (Å²) in [6.45, 7) is 2.35. The van der Waals surface area contributed by atoms with E-state index in [1.54, 1.807) is 25.1 Å². The van der Waals surface area contributed by atoms with Gasteiger partial charge < -0.3 is 15.6 Å². The number of phenolic OH excluding ortho intramolecular Hbond substituents is 1. The number of ether oxygens (including phenoxy) is 1. The first kappa shape index (κ1) is 10.6. The highest BCUT2D eigenvalue weighted by atomic mass is 16.5. The number of carbonyl (C=O) groups is 1. The molecule has 1 saturated heterocycles. The second kappa shape index (κ2) is 3.59. The summed E-state index contributed by atoms with van der Waals surface area (Å²) in [6, 6.07) is 6.14. The van der Waals surface area contributed by atoms with Crippen molar-refractivity contribution in [3.05, 3.63) is 24.3 Å². The van der Waals surface area contributed by atoms with Crippen molar-refractivity contribution in [3.8, 4) is 11.5 Å². The van der Waals surface area contributed by atoms with Gasteiger partial charge in [-0.2, -0.15) is 0 Å². The van der Waals surface area contributed by atoms with E-state index in [1.165, 1.54) is 11.0 Å². The van der Waals surface area contributed by atoms with E-state index >= 15 is 0 Å². The van der Waals surface area contributed by atoms with Crippen LogP contribution in [-0.4, -0.2) is 28.3 Å². The fourth-order valence-electron chi connectivity index (χ4n) is 1.77. The molecule has 16 heavy (non-hydrogen) atoms. The summed E-state index contributed by atoms with van der Waals surface area (Å²) >= 11 is 0. The van der Waals surface area contributed by atoms with Gasteiger partial charge in [-0.25, -0.2) is 4.79 Å². The zero-order chi connectivity index (χ0) is 11.8. The molecule has 0 spiro atoms. The van der Waals surface area contributed by atoms with Crippen LogP contribution in [0.5, 0.6) is 11.5 Å².